The number of carbonyl (C=O) groups is 1. The van der Waals surface area contributed by atoms with Crippen LogP contribution in [-0.4, -0.2) is 12.6 Å². The van der Waals surface area contributed by atoms with Gasteiger partial charge in [0, 0.05) is 6.92 Å². The minimum absolute atomic E-state index is 0.224. The van der Waals surface area contributed by atoms with Crippen LogP contribution < -0.4 is 0 Å². The van der Waals surface area contributed by atoms with Crippen LogP contribution in [0.2, 0.25) is 0 Å². The van der Waals surface area contributed by atoms with E-state index in [4.69, 9.17) is 4.74 Å². The molecular formula is C47H76O2. The third-order valence-corrected chi connectivity index (χ3v) is 9.03. The number of rotatable bonds is 26. The largest absolute Gasteiger partial charge is 0.462 e. The summed E-state index contributed by atoms with van der Waals surface area (Å²) in [6, 6.07) is 0. The zero-order chi connectivity index (χ0) is 36.9. The van der Waals surface area contributed by atoms with Crippen LogP contribution in [0.5, 0.6) is 0 Å². The fourth-order valence-corrected chi connectivity index (χ4v) is 5.53. The molecule has 0 unspecified atom stereocenters. The predicted octanol–water partition coefficient (Wildman–Crippen LogP) is 15.3. The maximum absolute atomic E-state index is 10.9. The van der Waals surface area contributed by atoms with Crippen LogP contribution in [0.25, 0.3) is 0 Å². The summed E-state index contributed by atoms with van der Waals surface area (Å²) in [7, 11) is 0. The molecule has 2 heteroatoms. The predicted molar refractivity (Wildman–Crippen MR) is 220 cm³/mol. The van der Waals surface area contributed by atoms with Gasteiger partial charge in [-0.25, -0.2) is 0 Å². The SMILES string of the molecule is CC(=O)OCC=C(C)CCC=C(C)CCC=C(C)CCC=C(C)CCC=C(C)CCC=C(C)CCC=C(C)CCC=C(C)CCC=C(C)C. The zero-order valence-electron chi connectivity index (χ0n) is 34.0. The molecular weight excluding hydrogens is 597 g/mol. The van der Waals surface area contributed by atoms with Crippen molar-refractivity contribution in [1.82, 2.24) is 0 Å². The van der Waals surface area contributed by atoms with Crippen molar-refractivity contribution < 1.29 is 9.53 Å². The Labute approximate surface area is 305 Å². The molecule has 0 rings (SSSR count). The maximum Gasteiger partial charge on any atom is 0.302 e. The van der Waals surface area contributed by atoms with Crippen molar-refractivity contribution in [2.45, 2.75) is 179 Å². The van der Waals surface area contributed by atoms with Crippen LogP contribution >= 0.6 is 0 Å². The second kappa shape index (κ2) is 30.0. The lowest BCUT2D eigenvalue weighted by Gasteiger charge is -2.04. The Morgan fingerprint density at radius 3 is 0.735 bits per heavy atom. The van der Waals surface area contributed by atoms with Gasteiger partial charge in [-0.05, 0) is 178 Å². The Bertz CT molecular complexity index is 1210. The van der Waals surface area contributed by atoms with Gasteiger partial charge in [-0.3, -0.25) is 4.79 Å². The summed E-state index contributed by atoms with van der Waals surface area (Å²) in [4.78, 5) is 10.9. The number of esters is 1. The summed E-state index contributed by atoms with van der Waals surface area (Å²) in [6.45, 7) is 24.2. The van der Waals surface area contributed by atoms with E-state index in [2.05, 4.69) is 118 Å². The lowest BCUT2D eigenvalue weighted by atomic mass is 10.0. The second-order valence-corrected chi connectivity index (χ2v) is 14.8. The van der Waals surface area contributed by atoms with Crippen molar-refractivity contribution in [2.75, 3.05) is 6.61 Å². The van der Waals surface area contributed by atoms with Gasteiger partial charge in [0.2, 0.25) is 0 Å². The molecule has 0 spiro atoms. The van der Waals surface area contributed by atoms with Crippen LogP contribution in [0.4, 0.5) is 0 Å². The summed E-state index contributed by atoms with van der Waals surface area (Å²) in [5, 5.41) is 0. The van der Waals surface area contributed by atoms with Crippen molar-refractivity contribution in [1.29, 1.82) is 0 Å². The van der Waals surface area contributed by atoms with Gasteiger partial charge in [0.1, 0.15) is 6.61 Å². The molecule has 0 radical (unpaired) electrons. The Morgan fingerprint density at radius 2 is 0.531 bits per heavy atom. The van der Waals surface area contributed by atoms with E-state index in [1.807, 2.05) is 6.08 Å². The van der Waals surface area contributed by atoms with Crippen molar-refractivity contribution in [2.24, 2.45) is 0 Å². The maximum atomic E-state index is 10.9. The van der Waals surface area contributed by atoms with Crippen LogP contribution in [0.15, 0.2) is 105 Å². The van der Waals surface area contributed by atoms with Crippen molar-refractivity contribution in [3.05, 3.63) is 105 Å². The molecule has 0 heterocycles. The lowest BCUT2D eigenvalue weighted by Crippen LogP contribution is -1.98. The first-order chi connectivity index (χ1) is 23.3. The molecule has 0 N–H and O–H groups in total. The van der Waals surface area contributed by atoms with E-state index >= 15 is 0 Å². The highest BCUT2D eigenvalue weighted by Gasteiger charge is 1.98. The second-order valence-electron chi connectivity index (χ2n) is 14.8. The number of ether oxygens (including phenoxy) is 1. The molecule has 0 atom stereocenters. The first-order valence-corrected chi connectivity index (χ1v) is 19.3. The van der Waals surface area contributed by atoms with Gasteiger partial charge in [-0.2, -0.15) is 0 Å². The number of hydrogen-bond donors (Lipinski definition) is 0. The van der Waals surface area contributed by atoms with Gasteiger partial charge in [-0.1, -0.05) is 98.8 Å². The van der Waals surface area contributed by atoms with Crippen LogP contribution in [0.1, 0.15) is 179 Å². The fraction of sp³-hybridized carbons (Fsp3) is 0.596. The monoisotopic (exact) mass is 673 g/mol. The molecule has 2 nitrogen and oxygen atoms in total. The Kier molecular flexibility index (Phi) is 28.2. The molecule has 0 fully saturated rings. The van der Waals surface area contributed by atoms with Crippen molar-refractivity contribution in [3.8, 4) is 0 Å². The lowest BCUT2D eigenvalue weighted by molar-refractivity contribution is -0.139. The molecule has 0 aromatic heterocycles. The first kappa shape index (κ1) is 46.1. The third-order valence-electron chi connectivity index (χ3n) is 9.03. The highest BCUT2D eigenvalue weighted by atomic mass is 16.5. The summed E-state index contributed by atoms with van der Waals surface area (Å²) >= 11 is 0. The van der Waals surface area contributed by atoms with Gasteiger partial charge in [0.25, 0.3) is 0 Å². The highest BCUT2D eigenvalue weighted by Crippen LogP contribution is 2.17. The van der Waals surface area contributed by atoms with E-state index < -0.39 is 0 Å². The topological polar surface area (TPSA) is 26.3 Å². The summed E-state index contributed by atoms with van der Waals surface area (Å²) in [5.74, 6) is -0.224. The van der Waals surface area contributed by atoms with E-state index in [1.165, 1.54) is 89.2 Å². The molecule has 0 aliphatic rings. The Hall–Kier alpha value is -2.87. The molecule has 0 aromatic rings. The van der Waals surface area contributed by atoms with Gasteiger partial charge in [-0.15, -0.1) is 0 Å². The standard InChI is InChI=1S/C47H76O2/c1-38(2)20-12-21-39(3)22-13-23-40(4)24-14-25-41(5)26-15-27-42(6)28-16-29-43(7)30-17-31-44(8)32-18-33-45(9)34-19-35-46(10)36-37-49-47(11)48/h20,22,24,26,28,30,32,34,36H,12-19,21,23,25,27,29,31,33,35,37H2,1-11H3. The van der Waals surface area contributed by atoms with Crippen LogP contribution in [-0.2, 0) is 9.53 Å². The summed E-state index contributed by atoms with van der Waals surface area (Å²) in [5.41, 5.74) is 13.2. The summed E-state index contributed by atoms with van der Waals surface area (Å²) < 4.78 is 4.98. The molecule has 0 amide bonds. The molecule has 0 aromatic carbocycles. The smallest absolute Gasteiger partial charge is 0.302 e. The third kappa shape index (κ3) is 32.1. The molecule has 0 bridgehead atoms. The average molecular weight is 673 g/mol. The average Bonchev–Trinajstić information content (AvgIpc) is 3.00. The minimum atomic E-state index is -0.224. The zero-order valence-corrected chi connectivity index (χ0v) is 34.0. The van der Waals surface area contributed by atoms with E-state index in [0.717, 1.165) is 70.6 Å². The van der Waals surface area contributed by atoms with Gasteiger partial charge < -0.3 is 4.74 Å². The van der Waals surface area contributed by atoms with Crippen LogP contribution in [0.3, 0.4) is 0 Å². The van der Waals surface area contributed by atoms with E-state index in [0.29, 0.717) is 6.61 Å². The molecule has 0 aliphatic carbocycles. The molecule has 49 heavy (non-hydrogen) atoms. The minimum Gasteiger partial charge on any atom is -0.462 e. The van der Waals surface area contributed by atoms with E-state index in [-0.39, 0.29) is 5.97 Å². The van der Waals surface area contributed by atoms with Crippen molar-refractivity contribution >= 4 is 5.97 Å². The molecule has 0 saturated carbocycles. The molecule has 276 valence electrons. The van der Waals surface area contributed by atoms with Crippen molar-refractivity contribution in [3.63, 3.8) is 0 Å². The summed E-state index contributed by atoms with van der Waals surface area (Å²) in [6.07, 6.45) is 39.6. The molecule has 0 aliphatic heterocycles. The van der Waals surface area contributed by atoms with Gasteiger partial charge >= 0.3 is 5.97 Å². The van der Waals surface area contributed by atoms with E-state index in [1.54, 1.807) is 0 Å². The van der Waals surface area contributed by atoms with E-state index in [9.17, 15) is 4.79 Å². The first-order valence-electron chi connectivity index (χ1n) is 19.3. The van der Waals surface area contributed by atoms with Gasteiger partial charge in [0.15, 0.2) is 0 Å². The fourth-order valence-electron chi connectivity index (χ4n) is 5.53. The normalized spacial score (nSPS) is 14.4. The van der Waals surface area contributed by atoms with Gasteiger partial charge in [0.05, 0.1) is 0 Å². The quantitative estimate of drug-likeness (QED) is 0.0675. The molecule has 0 saturated heterocycles. The number of carbonyl (C=O) groups excluding carboxylic acids is 1. The Balaban J connectivity index is 4.22. The van der Waals surface area contributed by atoms with Crippen LogP contribution in [0, 0.1) is 0 Å². The highest BCUT2D eigenvalue weighted by molar-refractivity contribution is 5.66. The Morgan fingerprint density at radius 1 is 0.327 bits per heavy atom. The number of allylic oxidation sites excluding steroid dienone is 17. The number of hydrogen-bond acceptors (Lipinski definition) is 2.